The van der Waals surface area contributed by atoms with Gasteiger partial charge in [-0.3, -0.25) is 4.79 Å². The van der Waals surface area contributed by atoms with Gasteiger partial charge >= 0.3 is 0 Å². The summed E-state index contributed by atoms with van der Waals surface area (Å²) in [6, 6.07) is 1.69. The van der Waals surface area contributed by atoms with Gasteiger partial charge in [-0.1, -0.05) is 20.8 Å². The van der Waals surface area contributed by atoms with Crippen LogP contribution in [0, 0.1) is 17.2 Å². The van der Waals surface area contributed by atoms with E-state index in [4.69, 9.17) is 5.26 Å². The monoisotopic (exact) mass is 154 g/mol. The average molecular weight is 154 g/mol. The summed E-state index contributed by atoms with van der Waals surface area (Å²) >= 11 is 0. The first-order chi connectivity index (χ1) is 5.11. The van der Waals surface area contributed by atoms with Gasteiger partial charge in [0.25, 0.3) is 0 Å². The molecule has 1 atom stereocenters. The zero-order chi connectivity index (χ0) is 8.85. The van der Waals surface area contributed by atoms with Crippen LogP contribution in [-0.4, -0.2) is 11.9 Å². The molecule has 3 nitrogen and oxygen atoms in total. The Morgan fingerprint density at radius 3 is 2.45 bits per heavy atom. The van der Waals surface area contributed by atoms with E-state index in [0.29, 0.717) is 6.42 Å². The van der Waals surface area contributed by atoms with Crippen LogP contribution in [0.25, 0.3) is 0 Å². The highest BCUT2D eigenvalue weighted by Gasteiger charge is 2.13. The highest BCUT2D eigenvalue weighted by Crippen LogP contribution is 1.99. The summed E-state index contributed by atoms with van der Waals surface area (Å²) in [6.45, 7) is 5.58. The highest BCUT2D eigenvalue weighted by molar-refractivity contribution is 5.76. The zero-order valence-corrected chi connectivity index (χ0v) is 7.22. The summed E-state index contributed by atoms with van der Waals surface area (Å²) in [5.41, 5.74) is 0. The maximum absolute atomic E-state index is 10.8. The summed E-state index contributed by atoms with van der Waals surface area (Å²) in [5, 5.41) is 11.2. The number of nitriles is 1. The normalized spacial score (nSPS) is 12.3. The van der Waals surface area contributed by atoms with Crippen LogP contribution in [0.15, 0.2) is 0 Å². The second kappa shape index (κ2) is 4.73. The van der Waals surface area contributed by atoms with E-state index in [2.05, 4.69) is 5.32 Å². The van der Waals surface area contributed by atoms with Gasteiger partial charge in [-0.15, -0.1) is 0 Å². The van der Waals surface area contributed by atoms with Crippen LogP contribution in [-0.2, 0) is 4.79 Å². The van der Waals surface area contributed by atoms with Crippen LogP contribution in [0.5, 0.6) is 0 Å². The summed E-state index contributed by atoms with van der Waals surface area (Å²) in [6.07, 6.45) is 0.435. The van der Waals surface area contributed by atoms with Crippen LogP contribution < -0.4 is 5.32 Å². The minimum Gasteiger partial charge on any atom is -0.340 e. The molecule has 0 aromatic rings. The fourth-order valence-electron chi connectivity index (χ4n) is 0.624. The van der Waals surface area contributed by atoms with Crippen LogP contribution in [0.1, 0.15) is 27.2 Å². The molecule has 0 heterocycles. The molecule has 3 heteroatoms. The molecule has 62 valence electrons. The maximum atomic E-state index is 10.8. The Hall–Kier alpha value is -1.04. The molecular formula is C8H14N2O. The number of carbonyl (C=O) groups excluding carboxylic acids is 1. The average Bonchev–Trinajstić information content (AvgIpc) is 1.99. The number of carbonyl (C=O) groups is 1. The Labute approximate surface area is 67.4 Å². The molecule has 0 fully saturated rings. The third kappa shape index (κ3) is 3.61. The Kier molecular flexibility index (Phi) is 4.28. The van der Waals surface area contributed by atoms with Crippen molar-refractivity contribution in [2.45, 2.75) is 33.2 Å². The van der Waals surface area contributed by atoms with Crippen molar-refractivity contribution in [1.82, 2.24) is 5.32 Å². The minimum atomic E-state index is -0.345. The molecule has 0 saturated carbocycles. The largest absolute Gasteiger partial charge is 0.340 e. The van der Waals surface area contributed by atoms with E-state index in [1.807, 2.05) is 19.9 Å². The van der Waals surface area contributed by atoms with Gasteiger partial charge in [0.2, 0.25) is 5.91 Å². The maximum Gasteiger partial charge on any atom is 0.220 e. The quantitative estimate of drug-likeness (QED) is 0.660. The molecule has 0 aliphatic rings. The van der Waals surface area contributed by atoms with Gasteiger partial charge in [0, 0.05) is 6.42 Å². The molecule has 0 radical (unpaired) electrons. The molecule has 0 rings (SSSR count). The molecule has 1 unspecified atom stereocenters. The Morgan fingerprint density at radius 2 is 2.18 bits per heavy atom. The van der Waals surface area contributed by atoms with Gasteiger partial charge < -0.3 is 5.32 Å². The number of nitrogens with one attached hydrogen (secondary N) is 1. The lowest BCUT2D eigenvalue weighted by Gasteiger charge is -2.13. The van der Waals surface area contributed by atoms with Crippen molar-refractivity contribution < 1.29 is 4.79 Å². The van der Waals surface area contributed by atoms with Gasteiger partial charge in [-0.2, -0.15) is 5.26 Å². The van der Waals surface area contributed by atoms with Crippen molar-refractivity contribution in [1.29, 1.82) is 5.26 Å². The van der Waals surface area contributed by atoms with E-state index in [-0.39, 0.29) is 17.9 Å². The van der Waals surface area contributed by atoms with Gasteiger partial charge in [-0.05, 0) is 5.92 Å². The first-order valence-electron chi connectivity index (χ1n) is 3.80. The number of hydrogen-bond acceptors (Lipinski definition) is 2. The van der Waals surface area contributed by atoms with E-state index in [1.54, 1.807) is 6.92 Å². The smallest absolute Gasteiger partial charge is 0.220 e. The second-order valence-corrected chi connectivity index (χ2v) is 2.77. The van der Waals surface area contributed by atoms with Gasteiger partial charge in [-0.25, -0.2) is 0 Å². The topological polar surface area (TPSA) is 52.9 Å². The summed E-state index contributed by atoms with van der Waals surface area (Å²) in [5.74, 6) is 0.112. The fourth-order valence-corrected chi connectivity index (χ4v) is 0.624. The standard InChI is InChI=1S/C8H14N2O/c1-4-8(11)10-7(5-9)6(2)3/h6-7H,4H2,1-3H3,(H,10,11). The molecular weight excluding hydrogens is 140 g/mol. The summed E-state index contributed by atoms with van der Waals surface area (Å²) in [7, 11) is 0. The van der Waals surface area contributed by atoms with E-state index in [1.165, 1.54) is 0 Å². The fraction of sp³-hybridized carbons (Fsp3) is 0.750. The predicted octanol–water partition coefficient (Wildman–Crippen LogP) is 1.06. The van der Waals surface area contributed by atoms with E-state index < -0.39 is 0 Å². The lowest BCUT2D eigenvalue weighted by atomic mass is 10.1. The third-order valence-corrected chi connectivity index (χ3v) is 1.44. The van der Waals surface area contributed by atoms with Crippen molar-refractivity contribution in [3.05, 3.63) is 0 Å². The zero-order valence-electron chi connectivity index (χ0n) is 7.22. The Morgan fingerprint density at radius 1 is 1.64 bits per heavy atom. The van der Waals surface area contributed by atoms with Crippen LogP contribution in [0.4, 0.5) is 0 Å². The molecule has 0 saturated heterocycles. The highest BCUT2D eigenvalue weighted by atomic mass is 16.1. The third-order valence-electron chi connectivity index (χ3n) is 1.44. The molecule has 1 N–H and O–H groups in total. The van der Waals surface area contributed by atoms with Crippen LogP contribution >= 0.6 is 0 Å². The SMILES string of the molecule is CCC(=O)NC(C#N)C(C)C. The summed E-state index contributed by atoms with van der Waals surface area (Å²) < 4.78 is 0. The van der Waals surface area contributed by atoms with Crippen molar-refractivity contribution in [3.63, 3.8) is 0 Å². The van der Waals surface area contributed by atoms with Gasteiger partial charge in [0.1, 0.15) is 6.04 Å². The van der Waals surface area contributed by atoms with E-state index in [9.17, 15) is 4.79 Å². The molecule has 0 aliphatic carbocycles. The van der Waals surface area contributed by atoms with Crippen molar-refractivity contribution in [3.8, 4) is 6.07 Å². The molecule has 0 aromatic carbocycles. The molecule has 0 bridgehead atoms. The van der Waals surface area contributed by atoms with Gasteiger partial charge in [0.15, 0.2) is 0 Å². The van der Waals surface area contributed by atoms with Crippen LogP contribution in [0.3, 0.4) is 0 Å². The van der Waals surface area contributed by atoms with Crippen molar-refractivity contribution in [2.75, 3.05) is 0 Å². The lowest BCUT2D eigenvalue weighted by molar-refractivity contribution is -0.121. The first-order valence-corrected chi connectivity index (χ1v) is 3.80. The molecule has 0 aliphatic heterocycles. The number of nitrogens with zero attached hydrogens (tertiary/aromatic N) is 1. The first kappa shape index (κ1) is 9.96. The predicted molar refractivity (Wildman–Crippen MR) is 42.7 cm³/mol. The molecule has 11 heavy (non-hydrogen) atoms. The number of rotatable bonds is 3. The molecule has 1 amide bonds. The van der Waals surface area contributed by atoms with Crippen molar-refractivity contribution in [2.24, 2.45) is 5.92 Å². The lowest BCUT2D eigenvalue weighted by Crippen LogP contribution is -2.36. The second-order valence-electron chi connectivity index (χ2n) is 2.77. The van der Waals surface area contributed by atoms with Gasteiger partial charge in [0.05, 0.1) is 6.07 Å². The minimum absolute atomic E-state index is 0.0646. The van der Waals surface area contributed by atoms with Crippen molar-refractivity contribution >= 4 is 5.91 Å². The Balaban J connectivity index is 3.91. The molecule has 0 spiro atoms. The Bertz CT molecular complexity index is 169. The van der Waals surface area contributed by atoms with E-state index in [0.717, 1.165) is 0 Å². The number of hydrogen-bond donors (Lipinski definition) is 1. The summed E-state index contributed by atoms with van der Waals surface area (Å²) in [4.78, 5) is 10.8. The number of amides is 1. The van der Waals surface area contributed by atoms with Crippen LogP contribution in [0.2, 0.25) is 0 Å². The molecule has 0 aromatic heterocycles. The van der Waals surface area contributed by atoms with E-state index >= 15 is 0 Å².